The second kappa shape index (κ2) is 8.70. The van der Waals surface area contributed by atoms with Crippen molar-refractivity contribution in [2.75, 3.05) is 13.2 Å². The van der Waals surface area contributed by atoms with Gasteiger partial charge in [-0.3, -0.25) is 0 Å². The first-order valence-corrected chi connectivity index (χ1v) is 10.0. The van der Waals surface area contributed by atoms with Gasteiger partial charge < -0.3 is 19.2 Å². The van der Waals surface area contributed by atoms with Crippen LogP contribution in [0.15, 0.2) is 40.9 Å². The zero-order valence-corrected chi connectivity index (χ0v) is 16.8. The quantitative estimate of drug-likeness (QED) is 0.592. The first-order valence-electron chi connectivity index (χ1n) is 10.0. The fourth-order valence-electron chi connectivity index (χ4n) is 3.85. The van der Waals surface area contributed by atoms with Gasteiger partial charge in [-0.15, -0.1) is 0 Å². The SMILES string of the molecule is [B]N[C@@H]1CCc2c(-c3noc(Cc4ccc(OCC)c(OCC)c4)n3)cccc21. The van der Waals surface area contributed by atoms with Crippen LogP contribution in [0, 0.1) is 0 Å². The molecule has 0 fully saturated rings. The van der Waals surface area contributed by atoms with Crippen molar-refractivity contribution in [3.63, 3.8) is 0 Å². The van der Waals surface area contributed by atoms with Crippen molar-refractivity contribution in [2.45, 2.75) is 39.2 Å². The zero-order valence-electron chi connectivity index (χ0n) is 16.8. The first kappa shape index (κ1) is 19.5. The maximum atomic E-state index is 5.71. The molecular weight excluding hydrogens is 365 g/mol. The Bertz CT molecular complexity index is 989. The molecule has 29 heavy (non-hydrogen) atoms. The number of hydrogen-bond donors (Lipinski definition) is 1. The Balaban J connectivity index is 1.57. The second-order valence-corrected chi connectivity index (χ2v) is 6.97. The van der Waals surface area contributed by atoms with Crippen LogP contribution in [-0.4, -0.2) is 31.3 Å². The molecule has 1 aromatic heterocycles. The fraction of sp³-hybridized carbons (Fsp3) is 0.364. The highest BCUT2D eigenvalue weighted by atomic mass is 16.5. The van der Waals surface area contributed by atoms with Gasteiger partial charge in [-0.2, -0.15) is 4.98 Å². The minimum absolute atomic E-state index is 0.178. The molecular formula is C22H24BN3O3. The summed E-state index contributed by atoms with van der Waals surface area (Å²) in [5.41, 5.74) is 4.49. The number of rotatable bonds is 8. The van der Waals surface area contributed by atoms with Gasteiger partial charge in [-0.05, 0) is 55.5 Å². The van der Waals surface area contributed by atoms with Crippen LogP contribution in [0.4, 0.5) is 0 Å². The average molecular weight is 389 g/mol. The highest BCUT2D eigenvalue weighted by molar-refractivity contribution is 6.04. The summed E-state index contributed by atoms with van der Waals surface area (Å²) in [7, 11) is 5.67. The van der Waals surface area contributed by atoms with E-state index in [0.717, 1.165) is 35.5 Å². The predicted octanol–water partition coefficient (Wildman–Crippen LogP) is 3.79. The smallest absolute Gasteiger partial charge is 0.231 e. The van der Waals surface area contributed by atoms with Crippen LogP contribution in [-0.2, 0) is 12.8 Å². The molecule has 2 radical (unpaired) electrons. The van der Waals surface area contributed by atoms with Gasteiger partial charge in [0.25, 0.3) is 0 Å². The number of nitrogens with zero attached hydrogens (tertiary/aromatic N) is 2. The summed E-state index contributed by atoms with van der Waals surface area (Å²) in [4.78, 5) is 4.64. The Morgan fingerprint density at radius 2 is 1.97 bits per heavy atom. The first-order chi connectivity index (χ1) is 14.2. The molecule has 0 saturated carbocycles. The molecule has 148 valence electrons. The Hall–Kier alpha value is -2.80. The standard InChI is InChI=1S/C22H24BN3O3/c1-3-27-19-11-8-14(12-20(19)28-4-2)13-21-24-22(26-29-21)17-7-5-6-16-15(17)9-10-18(16)25-23/h5-8,11-12,18,25H,3-4,9-10,13H2,1-2H3/t18-/m1/s1. The molecule has 0 aliphatic heterocycles. The van der Waals surface area contributed by atoms with E-state index in [0.29, 0.717) is 31.3 Å². The van der Waals surface area contributed by atoms with Crippen LogP contribution in [0.5, 0.6) is 11.5 Å². The summed E-state index contributed by atoms with van der Waals surface area (Å²) in [5, 5.41) is 7.10. The van der Waals surface area contributed by atoms with E-state index in [1.165, 1.54) is 11.1 Å². The largest absolute Gasteiger partial charge is 0.490 e. The molecule has 7 heteroatoms. The van der Waals surface area contributed by atoms with Gasteiger partial charge in [0, 0.05) is 11.6 Å². The molecule has 0 spiro atoms. The van der Waals surface area contributed by atoms with Crippen LogP contribution in [0.2, 0.25) is 0 Å². The third-order valence-corrected chi connectivity index (χ3v) is 5.14. The van der Waals surface area contributed by atoms with Crippen LogP contribution in [0.1, 0.15) is 48.9 Å². The fourth-order valence-corrected chi connectivity index (χ4v) is 3.85. The molecule has 1 aliphatic carbocycles. The van der Waals surface area contributed by atoms with E-state index in [1.54, 1.807) is 0 Å². The van der Waals surface area contributed by atoms with Crippen molar-refractivity contribution < 1.29 is 14.0 Å². The molecule has 0 amide bonds. The molecule has 6 nitrogen and oxygen atoms in total. The lowest BCUT2D eigenvalue weighted by atomic mass is 10.0. The molecule has 4 rings (SSSR count). The second-order valence-electron chi connectivity index (χ2n) is 6.97. The van der Waals surface area contributed by atoms with Crippen molar-refractivity contribution in [2.24, 2.45) is 0 Å². The van der Waals surface area contributed by atoms with Crippen LogP contribution in [0.25, 0.3) is 11.4 Å². The van der Waals surface area contributed by atoms with Gasteiger partial charge in [0.15, 0.2) is 19.5 Å². The number of nitrogens with one attached hydrogen (secondary N) is 1. The highest BCUT2D eigenvalue weighted by Gasteiger charge is 2.25. The lowest BCUT2D eigenvalue weighted by Crippen LogP contribution is -2.14. The van der Waals surface area contributed by atoms with Crippen LogP contribution >= 0.6 is 0 Å². The van der Waals surface area contributed by atoms with E-state index in [4.69, 9.17) is 22.0 Å². The van der Waals surface area contributed by atoms with Gasteiger partial charge >= 0.3 is 0 Å². The van der Waals surface area contributed by atoms with E-state index < -0.39 is 0 Å². The van der Waals surface area contributed by atoms with E-state index >= 15 is 0 Å². The maximum absolute atomic E-state index is 5.71. The Kier molecular flexibility index (Phi) is 5.85. The Labute approximate surface area is 172 Å². The third-order valence-electron chi connectivity index (χ3n) is 5.14. The predicted molar refractivity (Wildman–Crippen MR) is 111 cm³/mol. The van der Waals surface area contributed by atoms with Gasteiger partial charge in [0.05, 0.1) is 19.6 Å². The molecule has 0 saturated heterocycles. The average Bonchev–Trinajstić information content (AvgIpc) is 3.37. The number of ether oxygens (including phenoxy) is 2. The molecule has 1 heterocycles. The van der Waals surface area contributed by atoms with Gasteiger partial charge in [-0.25, -0.2) is 0 Å². The minimum Gasteiger partial charge on any atom is -0.490 e. The molecule has 1 aliphatic rings. The number of fused-ring (bicyclic) bond motifs is 1. The Morgan fingerprint density at radius 1 is 1.14 bits per heavy atom. The highest BCUT2D eigenvalue weighted by Crippen LogP contribution is 2.36. The minimum atomic E-state index is 0.178. The summed E-state index contributed by atoms with van der Waals surface area (Å²) in [6.45, 7) is 5.08. The molecule has 1 atom stereocenters. The normalized spacial score (nSPS) is 15.3. The molecule has 0 bridgehead atoms. The van der Waals surface area contributed by atoms with E-state index in [-0.39, 0.29) is 6.04 Å². The van der Waals surface area contributed by atoms with E-state index in [9.17, 15) is 0 Å². The zero-order chi connectivity index (χ0) is 20.2. The monoisotopic (exact) mass is 389 g/mol. The summed E-state index contributed by atoms with van der Waals surface area (Å²) in [6.07, 6.45) is 2.45. The molecule has 0 unspecified atom stereocenters. The number of benzene rings is 2. The van der Waals surface area contributed by atoms with E-state index in [1.807, 2.05) is 44.2 Å². The lowest BCUT2D eigenvalue weighted by molar-refractivity contribution is 0.287. The summed E-state index contributed by atoms with van der Waals surface area (Å²) < 4.78 is 16.9. The lowest BCUT2D eigenvalue weighted by Gasteiger charge is -2.11. The van der Waals surface area contributed by atoms with Crippen LogP contribution in [0.3, 0.4) is 0 Å². The van der Waals surface area contributed by atoms with Crippen molar-refractivity contribution in [3.05, 3.63) is 59.0 Å². The van der Waals surface area contributed by atoms with E-state index in [2.05, 4.69) is 21.4 Å². The summed E-state index contributed by atoms with van der Waals surface area (Å²) >= 11 is 0. The summed E-state index contributed by atoms with van der Waals surface area (Å²) in [6, 6.07) is 12.2. The molecule has 1 N–H and O–H groups in total. The van der Waals surface area contributed by atoms with Crippen molar-refractivity contribution in [3.8, 4) is 22.9 Å². The van der Waals surface area contributed by atoms with Crippen LogP contribution < -0.4 is 14.7 Å². The molecule has 3 aromatic rings. The van der Waals surface area contributed by atoms with Crippen molar-refractivity contribution in [1.82, 2.24) is 15.4 Å². The summed E-state index contributed by atoms with van der Waals surface area (Å²) in [5.74, 6) is 2.65. The topological polar surface area (TPSA) is 69.4 Å². The van der Waals surface area contributed by atoms with Gasteiger partial charge in [0.2, 0.25) is 11.7 Å². The Morgan fingerprint density at radius 3 is 2.76 bits per heavy atom. The molecule has 2 aromatic carbocycles. The number of aromatic nitrogens is 2. The van der Waals surface area contributed by atoms with Gasteiger partial charge in [-0.1, -0.05) is 29.4 Å². The third kappa shape index (κ3) is 4.01. The van der Waals surface area contributed by atoms with Crippen molar-refractivity contribution in [1.29, 1.82) is 0 Å². The maximum Gasteiger partial charge on any atom is 0.231 e. The van der Waals surface area contributed by atoms with Crippen molar-refractivity contribution >= 4 is 7.98 Å². The van der Waals surface area contributed by atoms with Gasteiger partial charge in [0.1, 0.15) is 0 Å². The number of hydrogen-bond acceptors (Lipinski definition) is 6.